The quantitative estimate of drug-likeness (QED) is 0.912. The summed E-state index contributed by atoms with van der Waals surface area (Å²) >= 11 is 0. The summed E-state index contributed by atoms with van der Waals surface area (Å²) in [7, 11) is 3.16. The highest BCUT2D eigenvalue weighted by molar-refractivity contribution is 5.48. The van der Waals surface area contributed by atoms with Gasteiger partial charge in [-0.3, -0.25) is 0 Å². The molecule has 0 aromatic heterocycles. The van der Waals surface area contributed by atoms with E-state index in [0.717, 1.165) is 5.56 Å². The second kappa shape index (κ2) is 5.77. The fourth-order valence-corrected chi connectivity index (χ4v) is 2.74. The number of rotatable bonds is 3. The Bertz CT molecular complexity index is 683. The lowest BCUT2D eigenvalue weighted by molar-refractivity contribution is 0.0886. The van der Waals surface area contributed by atoms with Crippen molar-refractivity contribution in [2.75, 3.05) is 20.8 Å². The molecule has 1 aliphatic heterocycles. The second-order valence-electron chi connectivity index (χ2n) is 5.20. The van der Waals surface area contributed by atoms with E-state index < -0.39 is 6.10 Å². The molecule has 0 radical (unpaired) electrons. The molecule has 2 aromatic carbocycles. The van der Waals surface area contributed by atoms with Crippen LogP contribution in [-0.2, 0) is 0 Å². The zero-order valence-electron chi connectivity index (χ0n) is 12.4. The van der Waals surface area contributed by atoms with Crippen molar-refractivity contribution in [2.24, 2.45) is 0 Å². The average Bonchev–Trinajstić information content (AvgIpc) is 2.54. The molecule has 0 bridgehead atoms. The van der Waals surface area contributed by atoms with Crippen molar-refractivity contribution in [3.8, 4) is 23.0 Å². The smallest absolute Gasteiger partial charge is 0.161 e. The molecule has 2 aromatic rings. The zero-order chi connectivity index (χ0) is 15.7. The summed E-state index contributed by atoms with van der Waals surface area (Å²) in [6, 6.07) is 10.3. The first-order valence-electron chi connectivity index (χ1n) is 6.99. The highest BCUT2D eigenvalue weighted by atomic mass is 16.5. The Morgan fingerprint density at radius 1 is 1.05 bits per heavy atom. The average molecular weight is 302 g/mol. The molecule has 5 heteroatoms. The number of hydrogen-bond acceptors (Lipinski definition) is 5. The summed E-state index contributed by atoms with van der Waals surface area (Å²) in [6.07, 6.45) is -0.706. The molecule has 0 fully saturated rings. The van der Waals surface area contributed by atoms with Gasteiger partial charge >= 0.3 is 0 Å². The van der Waals surface area contributed by atoms with E-state index in [9.17, 15) is 10.2 Å². The summed E-state index contributed by atoms with van der Waals surface area (Å²) < 4.78 is 16.2. The largest absolute Gasteiger partial charge is 0.508 e. The molecule has 2 unspecified atom stereocenters. The van der Waals surface area contributed by atoms with Gasteiger partial charge in [0.15, 0.2) is 11.5 Å². The van der Waals surface area contributed by atoms with Crippen molar-refractivity contribution >= 4 is 0 Å². The van der Waals surface area contributed by atoms with Gasteiger partial charge in [-0.1, -0.05) is 6.07 Å². The van der Waals surface area contributed by atoms with Gasteiger partial charge in [-0.15, -0.1) is 0 Å². The van der Waals surface area contributed by atoms with Crippen molar-refractivity contribution in [3.63, 3.8) is 0 Å². The highest BCUT2D eigenvalue weighted by Crippen LogP contribution is 2.43. The normalized spacial score (nSPS) is 20.0. The van der Waals surface area contributed by atoms with Gasteiger partial charge < -0.3 is 24.4 Å². The van der Waals surface area contributed by atoms with Gasteiger partial charge in [-0.05, 0) is 29.8 Å². The van der Waals surface area contributed by atoms with E-state index in [1.54, 1.807) is 26.4 Å². The maximum absolute atomic E-state index is 10.6. The van der Waals surface area contributed by atoms with E-state index >= 15 is 0 Å². The van der Waals surface area contributed by atoms with Gasteiger partial charge in [0.1, 0.15) is 11.5 Å². The van der Waals surface area contributed by atoms with Crippen molar-refractivity contribution in [1.29, 1.82) is 0 Å². The van der Waals surface area contributed by atoms with E-state index in [1.807, 2.05) is 18.2 Å². The molecule has 22 heavy (non-hydrogen) atoms. The van der Waals surface area contributed by atoms with E-state index in [2.05, 4.69) is 0 Å². The molecule has 3 rings (SSSR count). The third-order valence-corrected chi connectivity index (χ3v) is 3.95. The molecule has 0 spiro atoms. The molecule has 2 atom stereocenters. The van der Waals surface area contributed by atoms with Crippen LogP contribution >= 0.6 is 0 Å². The summed E-state index contributed by atoms with van der Waals surface area (Å²) in [4.78, 5) is 0. The SMILES string of the molecule is COc1ccc(C2COc3cc(O)ccc3C2O)cc1OC. The van der Waals surface area contributed by atoms with Crippen molar-refractivity contribution < 1.29 is 24.4 Å². The maximum atomic E-state index is 10.6. The molecular formula is C17H18O5. The summed E-state index contributed by atoms with van der Waals surface area (Å²) in [6.45, 7) is 0.326. The number of aliphatic hydroxyl groups is 1. The molecule has 0 saturated heterocycles. The van der Waals surface area contributed by atoms with Crippen LogP contribution in [-0.4, -0.2) is 31.0 Å². The van der Waals surface area contributed by atoms with Crippen LogP contribution in [0.3, 0.4) is 0 Å². The van der Waals surface area contributed by atoms with Gasteiger partial charge in [0.25, 0.3) is 0 Å². The number of aliphatic hydroxyl groups excluding tert-OH is 1. The Labute approximate surface area is 128 Å². The van der Waals surface area contributed by atoms with Gasteiger partial charge in [0.05, 0.1) is 26.9 Å². The third kappa shape index (κ3) is 2.44. The first-order valence-corrected chi connectivity index (χ1v) is 6.99. The zero-order valence-corrected chi connectivity index (χ0v) is 12.4. The molecule has 0 aliphatic carbocycles. The molecule has 116 valence electrons. The van der Waals surface area contributed by atoms with Crippen LogP contribution in [0.15, 0.2) is 36.4 Å². The third-order valence-electron chi connectivity index (χ3n) is 3.95. The van der Waals surface area contributed by atoms with E-state index in [1.165, 1.54) is 6.07 Å². The lowest BCUT2D eigenvalue weighted by atomic mass is 9.87. The molecule has 1 heterocycles. The van der Waals surface area contributed by atoms with Crippen LogP contribution in [0.4, 0.5) is 0 Å². The van der Waals surface area contributed by atoms with Gasteiger partial charge in [-0.2, -0.15) is 0 Å². The maximum Gasteiger partial charge on any atom is 0.161 e. The summed E-state index contributed by atoms with van der Waals surface area (Å²) in [5.74, 6) is 1.68. The number of hydrogen-bond donors (Lipinski definition) is 2. The number of benzene rings is 2. The highest BCUT2D eigenvalue weighted by Gasteiger charge is 2.31. The minimum Gasteiger partial charge on any atom is -0.508 e. The molecular weight excluding hydrogens is 284 g/mol. The Kier molecular flexibility index (Phi) is 3.81. The van der Waals surface area contributed by atoms with Crippen LogP contribution in [0.2, 0.25) is 0 Å². The fourth-order valence-electron chi connectivity index (χ4n) is 2.74. The van der Waals surface area contributed by atoms with Gasteiger partial charge in [-0.25, -0.2) is 0 Å². The lowest BCUT2D eigenvalue weighted by Gasteiger charge is -2.31. The number of ether oxygens (including phenoxy) is 3. The molecule has 5 nitrogen and oxygen atoms in total. The van der Waals surface area contributed by atoms with Gasteiger partial charge in [0.2, 0.25) is 0 Å². The monoisotopic (exact) mass is 302 g/mol. The number of methoxy groups -OCH3 is 2. The molecule has 1 aliphatic rings. The van der Waals surface area contributed by atoms with Crippen molar-refractivity contribution in [2.45, 2.75) is 12.0 Å². The first kappa shape index (κ1) is 14.5. The van der Waals surface area contributed by atoms with E-state index in [0.29, 0.717) is 29.4 Å². The summed E-state index contributed by atoms with van der Waals surface area (Å²) in [5, 5.41) is 20.1. The number of phenols is 1. The van der Waals surface area contributed by atoms with E-state index in [-0.39, 0.29) is 11.7 Å². The molecule has 0 amide bonds. The van der Waals surface area contributed by atoms with Crippen molar-refractivity contribution in [3.05, 3.63) is 47.5 Å². The first-order chi connectivity index (χ1) is 10.6. The molecule has 2 N–H and O–H groups in total. The van der Waals surface area contributed by atoms with Crippen LogP contribution in [0, 0.1) is 0 Å². The number of fused-ring (bicyclic) bond motifs is 1. The topological polar surface area (TPSA) is 68.2 Å². The number of aromatic hydroxyl groups is 1. The number of phenolic OH excluding ortho intramolecular Hbond substituents is 1. The minimum absolute atomic E-state index is 0.121. The minimum atomic E-state index is -0.706. The Balaban J connectivity index is 1.95. The predicted molar refractivity (Wildman–Crippen MR) is 80.8 cm³/mol. The van der Waals surface area contributed by atoms with Crippen LogP contribution in [0.25, 0.3) is 0 Å². The van der Waals surface area contributed by atoms with Crippen LogP contribution in [0.1, 0.15) is 23.1 Å². The van der Waals surface area contributed by atoms with Crippen molar-refractivity contribution in [1.82, 2.24) is 0 Å². The lowest BCUT2D eigenvalue weighted by Crippen LogP contribution is -2.24. The Morgan fingerprint density at radius 2 is 1.82 bits per heavy atom. The van der Waals surface area contributed by atoms with Gasteiger partial charge in [0, 0.05) is 17.5 Å². The standard InChI is InChI=1S/C17H18O5/c1-20-14-6-3-10(7-16(14)21-2)13-9-22-15-8-11(18)4-5-12(15)17(13)19/h3-8,13,17-19H,9H2,1-2H3. The second-order valence-corrected chi connectivity index (χ2v) is 5.20. The fraction of sp³-hybridized carbons (Fsp3) is 0.294. The predicted octanol–water partition coefficient (Wildman–Crippen LogP) is 2.62. The van der Waals surface area contributed by atoms with E-state index in [4.69, 9.17) is 14.2 Å². The molecule has 0 saturated carbocycles. The van der Waals surface area contributed by atoms with Crippen LogP contribution in [0.5, 0.6) is 23.0 Å². The Morgan fingerprint density at radius 3 is 2.55 bits per heavy atom. The summed E-state index contributed by atoms with van der Waals surface area (Å²) in [5.41, 5.74) is 1.58. The van der Waals surface area contributed by atoms with Crippen LogP contribution < -0.4 is 14.2 Å². The Hall–Kier alpha value is -2.40.